The molecule has 0 spiro atoms. The highest BCUT2D eigenvalue weighted by Gasteiger charge is 2.10. The number of aryl methyl sites for hydroxylation is 1. The number of nitrogens with zero attached hydrogens (tertiary/aromatic N) is 4. The third-order valence-corrected chi connectivity index (χ3v) is 4.64. The molecule has 4 aromatic rings. The highest BCUT2D eigenvalue weighted by Crippen LogP contribution is 2.16. The van der Waals surface area contributed by atoms with E-state index in [-0.39, 0.29) is 11.5 Å². The third-order valence-electron chi connectivity index (χ3n) is 4.64. The molecule has 158 valence electrons. The lowest BCUT2D eigenvalue weighted by Crippen LogP contribution is -2.29. The molecule has 0 fully saturated rings. The molecule has 0 saturated carbocycles. The van der Waals surface area contributed by atoms with Crippen LogP contribution in [-0.2, 0) is 11.2 Å². The Hall–Kier alpha value is -4.08. The van der Waals surface area contributed by atoms with Crippen molar-refractivity contribution in [3.05, 3.63) is 65.0 Å². The number of anilines is 1. The number of H-pyrrole nitrogens is 1. The van der Waals surface area contributed by atoms with Crippen LogP contribution in [0.1, 0.15) is 18.7 Å². The lowest BCUT2D eigenvalue weighted by Gasteiger charge is -2.09. The molecule has 0 unspecified atom stereocenters. The maximum Gasteiger partial charge on any atom is 0.272 e. The normalized spacial score (nSPS) is 10.8. The van der Waals surface area contributed by atoms with Crippen molar-refractivity contribution in [3.63, 3.8) is 0 Å². The standard InChI is InChI=1S/C21H21N7O3/c29-17(6-3-7-18-25-19(28-31-18)14-8-10-22-11-9-14)23-12-13-24-20-15-4-1-2-5-16(15)21(30)27-26-20/h1-2,4-5,8-11H,3,6-7,12-13H2,(H,23,29)(H,24,26)(H,27,30). The van der Waals surface area contributed by atoms with Crippen LogP contribution in [0.3, 0.4) is 0 Å². The Balaban J connectivity index is 1.18. The number of hydrogen-bond donors (Lipinski definition) is 3. The van der Waals surface area contributed by atoms with E-state index in [9.17, 15) is 9.59 Å². The summed E-state index contributed by atoms with van der Waals surface area (Å²) in [5, 5.41) is 17.8. The second-order valence-corrected chi connectivity index (χ2v) is 6.82. The minimum Gasteiger partial charge on any atom is -0.366 e. The average molecular weight is 419 g/mol. The Morgan fingerprint density at radius 1 is 1.06 bits per heavy atom. The van der Waals surface area contributed by atoms with Gasteiger partial charge in [-0.25, -0.2) is 5.10 Å². The molecule has 0 aliphatic carbocycles. The fourth-order valence-corrected chi connectivity index (χ4v) is 3.10. The topological polar surface area (TPSA) is 139 Å². The number of amides is 1. The van der Waals surface area contributed by atoms with Gasteiger partial charge in [0, 0.05) is 49.3 Å². The second-order valence-electron chi connectivity index (χ2n) is 6.82. The summed E-state index contributed by atoms with van der Waals surface area (Å²) in [5.74, 6) is 1.52. The van der Waals surface area contributed by atoms with Crippen molar-refractivity contribution in [2.24, 2.45) is 0 Å². The lowest BCUT2D eigenvalue weighted by molar-refractivity contribution is -0.121. The number of hydrogen-bond acceptors (Lipinski definition) is 8. The monoisotopic (exact) mass is 419 g/mol. The molecule has 4 rings (SSSR count). The van der Waals surface area contributed by atoms with Gasteiger partial charge in [0.15, 0.2) is 5.82 Å². The summed E-state index contributed by atoms with van der Waals surface area (Å²) in [4.78, 5) is 32.2. The molecule has 0 aliphatic rings. The molecule has 0 bridgehead atoms. The van der Waals surface area contributed by atoms with E-state index in [1.807, 2.05) is 24.3 Å². The predicted octanol–water partition coefficient (Wildman–Crippen LogP) is 1.92. The van der Waals surface area contributed by atoms with E-state index in [0.29, 0.717) is 55.3 Å². The van der Waals surface area contributed by atoms with Crippen molar-refractivity contribution in [3.8, 4) is 11.4 Å². The minimum atomic E-state index is -0.233. The van der Waals surface area contributed by atoms with Gasteiger partial charge in [-0.05, 0) is 24.6 Å². The van der Waals surface area contributed by atoms with Crippen molar-refractivity contribution < 1.29 is 9.32 Å². The van der Waals surface area contributed by atoms with E-state index in [0.717, 1.165) is 10.9 Å². The van der Waals surface area contributed by atoms with Crippen LogP contribution in [0.15, 0.2) is 58.1 Å². The number of carbonyl (C=O) groups is 1. The maximum absolute atomic E-state index is 12.1. The maximum atomic E-state index is 12.1. The number of fused-ring (bicyclic) bond motifs is 1. The molecule has 0 atom stereocenters. The smallest absolute Gasteiger partial charge is 0.272 e. The zero-order valence-electron chi connectivity index (χ0n) is 16.7. The van der Waals surface area contributed by atoms with Gasteiger partial charge in [0.2, 0.25) is 17.6 Å². The van der Waals surface area contributed by atoms with Crippen LogP contribution in [0, 0.1) is 0 Å². The van der Waals surface area contributed by atoms with Crippen LogP contribution in [0.4, 0.5) is 5.82 Å². The Bertz CT molecular complexity index is 1220. The second kappa shape index (κ2) is 9.61. The third kappa shape index (κ3) is 5.10. The molecule has 0 radical (unpaired) electrons. The van der Waals surface area contributed by atoms with E-state index >= 15 is 0 Å². The van der Waals surface area contributed by atoms with Gasteiger partial charge in [0.1, 0.15) is 0 Å². The first-order valence-corrected chi connectivity index (χ1v) is 9.91. The van der Waals surface area contributed by atoms with E-state index in [2.05, 4.69) is 36.0 Å². The summed E-state index contributed by atoms with van der Waals surface area (Å²) in [6.45, 7) is 0.911. The highest BCUT2D eigenvalue weighted by molar-refractivity contribution is 5.90. The van der Waals surface area contributed by atoms with Gasteiger partial charge in [-0.3, -0.25) is 14.6 Å². The summed E-state index contributed by atoms with van der Waals surface area (Å²) in [6.07, 6.45) is 4.81. The minimum absolute atomic E-state index is 0.0602. The summed E-state index contributed by atoms with van der Waals surface area (Å²) in [6, 6.07) is 10.8. The number of benzene rings is 1. The molecular weight excluding hydrogens is 398 g/mol. The van der Waals surface area contributed by atoms with Crippen LogP contribution in [0.2, 0.25) is 0 Å². The molecule has 10 heteroatoms. The van der Waals surface area contributed by atoms with Gasteiger partial charge in [-0.15, -0.1) is 0 Å². The summed E-state index contributed by atoms with van der Waals surface area (Å²) in [5.41, 5.74) is 0.601. The lowest BCUT2D eigenvalue weighted by atomic mass is 10.2. The fourth-order valence-electron chi connectivity index (χ4n) is 3.10. The van der Waals surface area contributed by atoms with Gasteiger partial charge < -0.3 is 15.2 Å². The van der Waals surface area contributed by atoms with E-state index in [1.54, 1.807) is 24.5 Å². The molecule has 0 saturated heterocycles. The first-order valence-electron chi connectivity index (χ1n) is 9.91. The molecule has 10 nitrogen and oxygen atoms in total. The largest absolute Gasteiger partial charge is 0.366 e. The van der Waals surface area contributed by atoms with Crippen LogP contribution >= 0.6 is 0 Å². The van der Waals surface area contributed by atoms with E-state index < -0.39 is 0 Å². The number of aromatic nitrogens is 5. The Labute approximate surface area is 177 Å². The molecule has 3 aromatic heterocycles. The molecule has 1 amide bonds. The molecule has 0 aliphatic heterocycles. The van der Waals surface area contributed by atoms with E-state index in [1.165, 1.54) is 0 Å². The quantitative estimate of drug-likeness (QED) is 0.350. The number of carbonyl (C=O) groups excluding carboxylic acids is 1. The zero-order chi connectivity index (χ0) is 21.5. The van der Waals surface area contributed by atoms with Gasteiger partial charge >= 0.3 is 0 Å². The summed E-state index contributed by atoms with van der Waals surface area (Å²) < 4.78 is 5.24. The van der Waals surface area contributed by atoms with Crippen LogP contribution in [0.25, 0.3) is 22.2 Å². The number of pyridine rings is 1. The van der Waals surface area contributed by atoms with E-state index in [4.69, 9.17) is 4.52 Å². The van der Waals surface area contributed by atoms with Crippen molar-refractivity contribution in [2.75, 3.05) is 18.4 Å². The number of aromatic amines is 1. The molecule has 31 heavy (non-hydrogen) atoms. The first-order chi connectivity index (χ1) is 15.2. The summed E-state index contributed by atoms with van der Waals surface area (Å²) >= 11 is 0. The Morgan fingerprint density at radius 3 is 2.71 bits per heavy atom. The Morgan fingerprint density at radius 2 is 1.87 bits per heavy atom. The first kappa shape index (κ1) is 20.2. The number of nitrogens with one attached hydrogen (secondary N) is 3. The van der Waals surface area contributed by atoms with Crippen LogP contribution in [0.5, 0.6) is 0 Å². The fraction of sp³-hybridized carbons (Fsp3) is 0.238. The van der Waals surface area contributed by atoms with Gasteiger partial charge in [-0.2, -0.15) is 10.1 Å². The number of rotatable bonds is 9. The van der Waals surface area contributed by atoms with Crippen LogP contribution < -0.4 is 16.2 Å². The van der Waals surface area contributed by atoms with Crippen molar-refractivity contribution in [2.45, 2.75) is 19.3 Å². The van der Waals surface area contributed by atoms with Crippen molar-refractivity contribution >= 4 is 22.5 Å². The zero-order valence-corrected chi connectivity index (χ0v) is 16.7. The van der Waals surface area contributed by atoms with Crippen molar-refractivity contribution in [1.82, 2.24) is 30.6 Å². The molecule has 3 N–H and O–H groups in total. The average Bonchev–Trinajstić information content (AvgIpc) is 3.28. The SMILES string of the molecule is O=C(CCCc1nc(-c2ccncc2)no1)NCCNc1n[nH]c(=O)c2ccccc12. The molecular formula is C21H21N7O3. The summed E-state index contributed by atoms with van der Waals surface area (Å²) in [7, 11) is 0. The predicted molar refractivity (Wildman–Crippen MR) is 114 cm³/mol. The molecule has 3 heterocycles. The van der Waals surface area contributed by atoms with Crippen LogP contribution in [-0.4, -0.2) is 44.3 Å². The van der Waals surface area contributed by atoms with Gasteiger partial charge in [0.05, 0.1) is 5.39 Å². The highest BCUT2D eigenvalue weighted by atomic mass is 16.5. The molecule has 1 aromatic carbocycles. The Kier molecular flexibility index (Phi) is 6.26. The van der Waals surface area contributed by atoms with Crippen molar-refractivity contribution in [1.29, 1.82) is 0 Å². The van der Waals surface area contributed by atoms with Gasteiger partial charge in [0.25, 0.3) is 5.56 Å². The van der Waals surface area contributed by atoms with Gasteiger partial charge in [-0.1, -0.05) is 23.4 Å².